The molecule has 0 spiro atoms. The van der Waals surface area contributed by atoms with Crippen molar-refractivity contribution in [2.45, 2.75) is 0 Å². The van der Waals surface area contributed by atoms with E-state index in [-0.39, 0.29) is 18.0 Å². The highest BCUT2D eigenvalue weighted by Crippen LogP contribution is 2.38. The van der Waals surface area contributed by atoms with Crippen LogP contribution in [0.15, 0.2) is 48.5 Å². The monoisotopic (exact) mass is 404 g/mol. The van der Waals surface area contributed by atoms with Gasteiger partial charge in [0.1, 0.15) is 23.2 Å². The van der Waals surface area contributed by atoms with Gasteiger partial charge in [-0.25, -0.2) is 4.98 Å². The molecule has 0 saturated carbocycles. The molecule has 0 atom stereocenters. The summed E-state index contributed by atoms with van der Waals surface area (Å²) < 4.78 is 16.2. The number of para-hydroxylation sites is 1. The van der Waals surface area contributed by atoms with Gasteiger partial charge < -0.3 is 25.7 Å². The number of aromatic nitrogens is 1. The summed E-state index contributed by atoms with van der Waals surface area (Å²) in [5, 5.41) is 9.65. The molecule has 4 N–H and O–H groups in total. The van der Waals surface area contributed by atoms with Gasteiger partial charge in [-0.1, -0.05) is 18.2 Å². The second-order valence-corrected chi connectivity index (χ2v) is 6.25. The first-order valence-corrected chi connectivity index (χ1v) is 8.92. The van der Waals surface area contributed by atoms with Crippen LogP contribution in [-0.2, 0) is 4.79 Å². The van der Waals surface area contributed by atoms with Gasteiger partial charge in [-0.15, -0.1) is 0 Å². The summed E-state index contributed by atoms with van der Waals surface area (Å²) in [6.45, 7) is -0.273. The Kier molecular flexibility index (Phi) is 6.03. The Bertz CT molecular complexity index is 1140. The molecule has 0 unspecified atom stereocenters. The molecule has 152 valence electrons. The summed E-state index contributed by atoms with van der Waals surface area (Å²) in [6, 6.07) is 16.2. The van der Waals surface area contributed by atoms with Crippen molar-refractivity contribution in [2.75, 3.05) is 26.6 Å². The van der Waals surface area contributed by atoms with E-state index in [9.17, 15) is 10.1 Å². The average molecular weight is 404 g/mol. The van der Waals surface area contributed by atoms with Crippen molar-refractivity contribution in [3.8, 4) is 45.7 Å². The lowest BCUT2D eigenvalue weighted by Gasteiger charge is -2.14. The molecule has 3 aromatic rings. The number of primary amides is 1. The van der Waals surface area contributed by atoms with E-state index in [1.54, 1.807) is 55.6 Å². The van der Waals surface area contributed by atoms with Crippen molar-refractivity contribution in [3.63, 3.8) is 0 Å². The molecule has 0 bridgehead atoms. The van der Waals surface area contributed by atoms with Gasteiger partial charge in [0.2, 0.25) is 0 Å². The topological polar surface area (TPSA) is 133 Å². The van der Waals surface area contributed by atoms with Gasteiger partial charge in [-0.2, -0.15) is 5.26 Å². The second-order valence-electron chi connectivity index (χ2n) is 6.25. The van der Waals surface area contributed by atoms with Crippen LogP contribution in [-0.4, -0.2) is 31.7 Å². The molecule has 1 amide bonds. The number of carbonyl (C=O) groups excluding carboxylic acids is 1. The smallest absolute Gasteiger partial charge is 0.255 e. The van der Waals surface area contributed by atoms with Gasteiger partial charge >= 0.3 is 0 Å². The minimum atomic E-state index is -0.594. The fraction of sp³-hybridized carbons (Fsp3) is 0.136. The number of hydrogen-bond acceptors (Lipinski definition) is 7. The van der Waals surface area contributed by atoms with E-state index in [0.717, 1.165) is 0 Å². The van der Waals surface area contributed by atoms with Gasteiger partial charge in [0.25, 0.3) is 5.91 Å². The lowest BCUT2D eigenvalue weighted by Crippen LogP contribution is -2.20. The molecule has 0 saturated heterocycles. The van der Waals surface area contributed by atoms with Crippen LogP contribution in [0.3, 0.4) is 0 Å². The molecular weight excluding hydrogens is 384 g/mol. The Balaban J connectivity index is 2.17. The summed E-state index contributed by atoms with van der Waals surface area (Å²) in [7, 11) is 3.08. The minimum absolute atomic E-state index is 0.0736. The van der Waals surface area contributed by atoms with Crippen molar-refractivity contribution >= 4 is 11.7 Å². The van der Waals surface area contributed by atoms with Gasteiger partial charge in [-0.05, 0) is 35.9 Å². The number of nitriles is 1. The number of nitrogens with zero attached hydrogens (tertiary/aromatic N) is 2. The fourth-order valence-electron chi connectivity index (χ4n) is 3.00. The molecule has 2 aromatic carbocycles. The van der Waals surface area contributed by atoms with E-state index in [2.05, 4.69) is 11.1 Å². The molecule has 0 fully saturated rings. The summed E-state index contributed by atoms with van der Waals surface area (Å²) in [6.07, 6.45) is 0. The number of ether oxygens (including phenoxy) is 3. The van der Waals surface area contributed by atoms with Crippen molar-refractivity contribution in [1.29, 1.82) is 5.26 Å². The van der Waals surface area contributed by atoms with E-state index in [4.69, 9.17) is 25.7 Å². The van der Waals surface area contributed by atoms with Crippen LogP contribution in [0.4, 0.5) is 5.82 Å². The number of pyridine rings is 1. The Morgan fingerprint density at radius 3 is 2.43 bits per heavy atom. The Hall–Kier alpha value is -4.25. The van der Waals surface area contributed by atoms with Gasteiger partial charge in [0, 0.05) is 11.1 Å². The molecule has 0 aliphatic rings. The molecule has 0 aliphatic carbocycles. The molecule has 8 heteroatoms. The zero-order chi connectivity index (χ0) is 21.7. The number of nitrogen functional groups attached to an aromatic ring is 1. The first-order chi connectivity index (χ1) is 14.5. The molecule has 30 heavy (non-hydrogen) atoms. The van der Waals surface area contributed by atoms with Gasteiger partial charge in [-0.3, -0.25) is 4.79 Å². The number of hydrogen-bond donors (Lipinski definition) is 2. The minimum Gasteiger partial charge on any atom is -0.493 e. The first-order valence-electron chi connectivity index (χ1n) is 8.92. The van der Waals surface area contributed by atoms with E-state index < -0.39 is 5.91 Å². The van der Waals surface area contributed by atoms with E-state index in [1.807, 2.05) is 0 Å². The summed E-state index contributed by atoms with van der Waals surface area (Å²) in [5.74, 6) is 0.979. The van der Waals surface area contributed by atoms with E-state index in [0.29, 0.717) is 39.6 Å². The quantitative estimate of drug-likeness (QED) is 0.618. The summed E-state index contributed by atoms with van der Waals surface area (Å²) >= 11 is 0. The first kappa shape index (κ1) is 20.5. The number of benzene rings is 2. The number of anilines is 1. The molecule has 1 aromatic heterocycles. The number of rotatable bonds is 7. The molecule has 0 aliphatic heterocycles. The van der Waals surface area contributed by atoms with Crippen LogP contribution in [0.1, 0.15) is 5.56 Å². The van der Waals surface area contributed by atoms with Crippen LogP contribution in [0.5, 0.6) is 17.2 Å². The SMILES string of the molecule is COc1ccc(-c2cc(-c3ccccc3OCC(N)=O)nc(N)c2C#N)cc1OC. The molecule has 1 heterocycles. The second kappa shape index (κ2) is 8.84. The van der Waals surface area contributed by atoms with E-state index in [1.165, 1.54) is 7.11 Å². The lowest BCUT2D eigenvalue weighted by atomic mass is 9.97. The number of methoxy groups -OCH3 is 2. The van der Waals surface area contributed by atoms with Crippen molar-refractivity contribution < 1.29 is 19.0 Å². The van der Waals surface area contributed by atoms with Crippen LogP contribution in [0.2, 0.25) is 0 Å². The fourth-order valence-corrected chi connectivity index (χ4v) is 3.00. The predicted octanol–water partition coefficient (Wildman–Crippen LogP) is 2.75. The maximum Gasteiger partial charge on any atom is 0.255 e. The van der Waals surface area contributed by atoms with Crippen molar-refractivity contribution in [1.82, 2.24) is 4.98 Å². The largest absolute Gasteiger partial charge is 0.493 e. The molecule has 8 nitrogen and oxygen atoms in total. The maximum absolute atomic E-state index is 11.1. The number of carbonyl (C=O) groups is 1. The van der Waals surface area contributed by atoms with Gasteiger partial charge in [0.15, 0.2) is 18.1 Å². The van der Waals surface area contributed by atoms with Crippen LogP contribution >= 0.6 is 0 Å². The van der Waals surface area contributed by atoms with Crippen LogP contribution in [0, 0.1) is 11.3 Å². The summed E-state index contributed by atoms with van der Waals surface area (Å²) in [5.41, 5.74) is 13.9. The highest BCUT2D eigenvalue weighted by molar-refractivity contribution is 5.82. The standard InChI is InChI=1S/C22H20N4O4/c1-28-19-8-7-13(9-20(19)29-2)15-10-17(26-22(25)16(15)11-23)14-5-3-4-6-18(14)30-12-21(24)27/h3-10H,12H2,1-2H3,(H2,24,27)(H2,25,26). The third-order valence-corrected chi connectivity index (χ3v) is 4.39. The Labute approximate surface area is 173 Å². The average Bonchev–Trinajstić information content (AvgIpc) is 2.76. The van der Waals surface area contributed by atoms with Crippen LogP contribution < -0.4 is 25.7 Å². The maximum atomic E-state index is 11.1. The lowest BCUT2D eigenvalue weighted by molar-refractivity contribution is -0.119. The highest BCUT2D eigenvalue weighted by atomic mass is 16.5. The zero-order valence-electron chi connectivity index (χ0n) is 16.5. The number of nitrogens with two attached hydrogens (primary N) is 2. The molecular formula is C22H20N4O4. The number of amides is 1. The van der Waals surface area contributed by atoms with Gasteiger partial charge in [0.05, 0.1) is 19.9 Å². The van der Waals surface area contributed by atoms with Crippen LogP contribution in [0.25, 0.3) is 22.4 Å². The predicted molar refractivity (Wildman–Crippen MR) is 112 cm³/mol. The Morgan fingerprint density at radius 1 is 1.03 bits per heavy atom. The molecule has 0 radical (unpaired) electrons. The van der Waals surface area contributed by atoms with Crippen molar-refractivity contribution in [3.05, 3.63) is 54.1 Å². The molecule has 3 rings (SSSR count). The van der Waals surface area contributed by atoms with E-state index >= 15 is 0 Å². The summed E-state index contributed by atoms with van der Waals surface area (Å²) in [4.78, 5) is 15.5. The van der Waals surface area contributed by atoms with Crippen molar-refractivity contribution in [2.24, 2.45) is 5.73 Å². The zero-order valence-corrected chi connectivity index (χ0v) is 16.5. The highest BCUT2D eigenvalue weighted by Gasteiger charge is 2.17. The third-order valence-electron chi connectivity index (χ3n) is 4.39. The Morgan fingerprint density at radius 2 is 1.77 bits per heavy atom. The third kappa shape index (κ3) is 4.10. The normalized spacial score (nSPS) is 10.2.